The molecule has 0 unspecified atom stereocenters. The molecule has 198 valence electrons. The van der Waals surface area contributed by atoms with Gasteiger partial charge in [0.15, 0.2) is 0 Å². The average molecular weight is 508 g/mol. The van der Waals surface area contributed by atoms with Gasteiger partial charge in [-0.15, -0.1) is 0 Å². The number of piperidine rings is 1. The van der Waals surface area contributed by atoms with E-state index in [1.54, 1.807) is 0 Å². The smallest absolute Gasteiger partial charge is 0.420 e. The van der Waals surface area contributed by atoms with E-state index in [0.717, 1.165) is 57.7 Å². The summed E-state index contributed by atoms with van der Waals surface area (Å²) in [7, 11) is 5.31. The fraction of sp³-hybridized carbons (Fsp3) is 0.640. The molecule has 8 nitrogen and oxygen atoms in total. The SMILES string of the molecule is COc1ccc(Nc2nc(NC3CCCCCC3)nc(N(C)C3CCN(C)CC3)n2)cc1C(F)(F)F. The van der Waals surface area contributed by atoms with Crippen LogP contribution in [0.2, 0.25) is 0 Å². The van der Waals surface area contributed by atoms with Crippen molar-refractivity contribution in [2.24, 2.45) is 0 Å². The molecule has 2 N–H and O–H groups in total. The second kappa shape index (κ2) is 11.5. The molecule has 11 heteroatoms. The van der Waals surface area contributed by atoms with Crippen molar-refractivity contribution in [1.29, 1.82) is 0 Å². The molecule has 36 heavy (non-hydrogen) atoms. The molecule has 2 heterocycles. The number of aromatic nitrogens is 3. The summed E-state index contributed by atoms with van der Waals surface area (Å²) in [6.45, 7) is 1.98. The summed E-state index contributed by atoms with van der Waals surface area (Å²) in [4.78, 5) is 18.2. The van der Waals surface area contributed by atoms with Crippen molar-refractivity contribution < 1.29 is 17.9 Å². The number of rotatable bonds is 7. The molecule has 0 amide bonds. The maximum atomic E-state index is 13.5. The van der Waals surface area contributed by atoms with E-state index in [1.807, 2.05) is 7.05 Å². The van der Waals surface area contributed by atoms with Gasteiger partial charge in [-0.3, -0.25) is 0 Å². The first-order chi connectivity index (χ1) is 17.2. The van der Waals surface area contributed by atoms with Crippen molar-refractivity contribution in [2.45, 2.75) is 69.6 Å². The highest BCUT2D eigenvalue weighted by molar-refractivity contribution is 5.59. The second-order valence-electron chi connectivity index (χ2n) is 9.80. The normalized spacial score (nSPS) is 18.5. The number of anilines is 4. The quantitative estimate of drug-likeness (QED) is 0.489. The van der Waals surface area contributed by atoms with E-state index in [1.165, 1.54) is 32.1 Å². The molecule has 1 saturated carbocycles. The lowest BCUT2D eigenvalue weighted by Crippen LogP contribution is -2.42. The van der Waals surface area contributed by atoms with Crippen molar-refractivity contribution in [3.05, 3.63) is 23.8 Å². The standard InChI is InChI=1S/C25H36F3N7O/c1-34-14-12-19(13-15-34)35(2)24-32-22(29-17-8-6-4-5-7-9-17)31-23(33-24)30-18-10-11-21(36-3)20(16-18)25(26,27)28/h10-11,16-17,19H,4-9,12-15H2,1-3H3,(H2,29,30,31,32,33). The Morgan fingerprint density at radius 3 is 2.28 bits per heavy atom. The molecule has 0 spiro atoms. The Hall–Kier alpha value is -2.82. The first-order valence-electron chi connectivity index (χ1n) is 12.7. The fourth-order valence-electron chi connectivity index (χ4n) is 4.93. The first-order valence-corrected chi connectivity index (χ1v) is 12.7. The highest BCUT2D eigenvalue weighted by Gasteiger charge is 2.34. The zero-order valence-corrected chi connectivity index (χ0v) is 21.2. The predicted octanol–water partition coefficient (Wildman–Crippen LogP) is 5.31. The van der Waals surface area contributed by atoms with Gasteiger partial charge in [-0.25, -0.2) is 0 Å². The van der Waals surface area contributed by atoms with E-state index >= 15 is 0 Å². The Morgan fingerprint density at radius 1 is 0.972 bits per heavy atom. The number of likely N-dealkylation sites (tertiary alicyclic amines) is 1. The van der Waals surface area contributed by atoms with Gasteiger partial charge in [-0.05, 0) is 64.0 Å². The molecule has 1 saturated heterocycles. The van der Waals surface area contributed by atoms with Crippen LogP contribution in [0.25, 0.3) is 0 Å². The maximum Gasteiger partial charge on any atom is 0.420 e. The molecule has 1 aliphatic carbocycles. The van der Waals surface area contributed by atoms with Gasteiger partial charge in [-0.2, -0.15) is 28.1 Å². The molecule has 4 rings (SSSR count). The number of methoxy groups -OCH3 is 1. The molecule has 1 aromatic carbocycles. The largest absolute Gasteiger partial charge is 0.496 e. The van der Waals surface area contributed by atoms with E-state index in [-0.39, 0.29) is 29.5 Å². The number of nitrogens with zero attached hydrogens (tertiary/aromatic N) is 5. The van der Waals surface area contributed by atoms with Crippen molar-refractivity contribution in [3.63, 3.8) is 0 Å². The fourth-order valence-corrected chi connectivity index (χ4v) is 4.93. The van der Waals surface area contributed by atoms with Crippen LogP contribution >= 0.6 is 0 Å². The van der Waals surface area contributed by atoms with E-state index < -0.39 is 11.7 Å². The highest BCUT2D eigenvalue weighted by atomic mass is 19.4. The number of benzene rings is 1. The summed E-state index contributed by atoms with van der Waals surface area (Å²) in [6.07, 6.45) is 4.28. The van der Waals surface area contributed by atoms with Gasteiger partial charge < -0.3 is 25.2 Å². The highest BCUT2D eigenvalue weighted by Crippen LogP contribution is 2.38. The second-order valence-corrected chi connectivity index (χ2v) is 9.80. The minimum absolute atomic E-state index is 0.203. The monoisotopic (exact) mass is 507 g/mol. The molecule has 1 aromatic heterocycles. The van der Waals surface area contributed by atoms with E-state index in [2.05, 4.69) is 37.4 Å². The van der Waals surface area contributed by atoms with Gasteiger partial charge in [0.1, 0.15) is 5.75 Å². The number of nitrogens with one attached hydrogen (secondary N) is 2. The number of hydrogen-bond donors (Lipinski definition) is 2. The summed E-state index contributed by atoms with van der Waals surface area (Å²) in [5.41, 5.74) is -0.632. The zero-order chi connectivity index (χ0) is 25.7. The molecule has 2 fully saturated rings. The lowest BCUT2D eigenvalue weighted by molar-refractivity contribution is -0.138. The van der Waals surface area contributed by atoms with Crippen LogP contribution in [-0.4, -0.2) is 66.2 Å². The molecule has 0 bridgehead atoms. The average Bonchev–Trinajstić information content (AvgIpc) is 3.12. The number of ether oxygens (including phenoxy) is 1. The van der Waals surface area contributed by atoms with Crippen molar-refractivity contribution in [1.82, 2.24) is 19.9 Å². The van der Waals surface area contributed by atoms with Crippen molar-refractivity contribution in [2.75, 3.05) is 49.8 Å². The van der Waals surface area contributed by atoms with Crippen LogP contribution in [0.4, 0.5) is 36.7 Å². The Labute approximate surface area is 210 Å². The zero-order valence-electron chi connectivity index (χ0n) is 21.2. The van der Waals surface area contributed by atoms with Gasteiger partial charge in [-0.1, -0.05) is 25.7 Å². The van der Waals surface area contributed by atoms with E-state index in [9.17, 15) is 13.2 Å². The van der Waals surface area contributed by atoms with Crippen molar-refractivity contribution >= 4 is 23.5 Å². The van der Waals surface area contributed by atoms with E-state index in [4.69, 9.17) is 9.72 Å². The summed E-state index contributed by atoms with van der Waals surface area (Å²) >= 11 is 0. The molecule has 0 radical (unpaired) electrons. The Morgan fingerprint density at radius 2 is 1.64 bits per heavy atom. The van der Waals surface area contributed by atoms with Gasteiger partial charge in [0.05, 0.1) is 12.7 Å². The molecular formula is C25H36F3N7O. The lowest BCUT2D eigenvalue weighted by atomic mass is 10.0. The Kier molecular flexibility index (Phi) is 8.38. The summed E-state index contributed by atoms with van der Waals surface area (Å²) in [5.74, 6) is 0.915. The molecule has 0 atom stereocenters. The van der Waals surface area contributed by atoms with Crippen molar-refractivity contribution in [3.8, 4) is 5.75 Å². The molecular weight excluding hydrogens is 471 g/mol. The van der Waals surface area contributed by atoms with Gasteiger partial charge in [0.2, 0.25) is 17.8 Å². The van der Waals surface area contributed by atoms with Crippen LogP contribution in [0.3, 0.4) is 0 Å². The number of alkyl halides is 3. The summed E-state index contributed by atoms with van der Waals surface area (Å²) < 4.78 is 45.5. The Balaban J connectivity index is 1.62. The van der Waals surface area contributed by atoms with Crippen LogP contribution in [0.15, 0.2) is 18.2 Å². The maximum absolute atomic E-state index is 13.5. The molecule has 2 aliphatic rings. The summed E-state index contributed by atoms with van der Waals surface area (Å²) in [5, 5.41) is 6.44. The lowest BCUT2D eigenvalue weighted by Gasteiger charge is -2.35. The third-order valence-electron chi connectivity index (χ3n) is 7.12. The van der Waals surface area contributed by atoms with Gasteiger partial charge in [0.25, 0.3) is 0 Å². The molecule has 2 aromatic rings. The molecule has 1 aliphatic heterocycles. The van der Waals surface area contributed by atoms with E-state index in [0.29, 0.717) is 11.9 Å². The minimum Gasteiger partial charge on any atom is -0.496 e. The topological polar surface area (TPSA) is 78.4 Å². The van der Waals surface area contributed by atoms with Gasteiger partial charge in [0, 0.05) is 24.8 Å². The number of halogens is 3. The van der Waals surface area contributed by atoms with Crippen LogP contribution in [0.1, 0.15) is 56.9 Å². The van der Waals surface area contributed by atoms with Crippen LogP contribution in [-0.2, 0) is 6.18 Å². The number of hydrogen-bond acceptors (Lipinski definition) is 8. The van der Waals surface area contributed by atoms with Gasteiger partial charge >= 0.3 is 6.18 Å². The first kappa shape index (κ1) is 26.2. The third kappa shape index (κ3) is 6.68. The van der Waals surface area contributed by atoms with Crippen LogP contribution in [0.5, 0.6) is 5.75 Å². The third-order valence-corrected chi connectivity index (χ3v) is 7.12. The van der Waals surface area contributed by atoms with Crippen LogP contribution < -0.4 is 20.3 Å². The summed E-state index contributed by atoms with van der Waals surface area (Å²) in [6, 6.07) is 4.38. The predicted molar refractivity (Wildman–Crippen MR) is 135 cm³/mol. The minimum atomic E-state index is -4.55. The van der Waals surface area contributed by atoms with Crippen LogP contribution in [0, 0.1) is 0 Å². The Bertz CT molecular complexity index is 1000.